The number of benzene rings is 2. The van der Waals surface area contributed by atoms with Gasteiger partial charge >= 0.3 is 0 Å². The molecule has 0 aliphatic heterocycles. The van der Waals surface area contributed by atoms with Crippen LogP contribution in [0, 0.1) is 11.3 Å². The minimum atomic E-state index is 0.205. The Morgan fingerprint density at radius 3 is 2.55 bits per heavy atom. The molecule has 0 amide bonds. The lowest BCUT2D eigenvalue weighted by molar-refractivity contribution is 0.0979. The van der Waals surface area contributed by atoms with Gasteiger partial charge in [0.1, 0.15) is 0 Å². The van der Waals surface area contributed by atoms with Crippen LogP contribution in [0.2, 0.25) is 0 Å². The highest BCUT2D eigenvalue weighted by Gasteiger charge is 2.04. The number of unbranched alkanes of at least 4 members (excludes halogenated alkanes) is 1. The lowest BCUT2D eigenvalue weighted by Crippen LogP contribution is -1.98. The summed E-state index contributed by atoms with van der Waals surface area (Å²) >= 11 is 0. The number of hydrogen-bond donors (Lipinski definition) is 0. The Balaban J connectivity index is 1.77. The van der Waals surface area contributed by atoms with Crippen LogP contribution in [0.5, 0.6) is 0 Å². The number of ketones is 1. The summed E-state index contributed by atoms with van der Waals surface area (Å²) in [5, 5.41) is 8.84. The molecule has 0 radical (unpaired) electrons. The van der Waals surface area contributed by atoms with Crippen molar-refractivity contribution in [3.63, 3.8) is 0 Å². The number of carbonyl (C=O) groups is 1. The molecule has 0 heterocycles. The molecular formula is C18H17NO. The standard InChI is InChI=1S/C18H17NO/c19-14-16-9-6-8-15(13-16)7-4-5-12-18(20)17-10-2-1-3-11-17/h1-3,6,8-11,13H,4-5,7,12H2. The van der Waals surface area contributed by atoms with Gasteiger partial charge in [-0.3, -0.25) is 4.79 Å². The predicted molar refractivity (Wildman–Crippen MR) is 79.5 cm³/mol. The van der Waals surface area contributed by atoms with E-state index in [-0.39, 0.29) is 5.78 Å². The van der Waals surface area contributed by atoms with E-state index >= 15 is 0 Å². The zero-order chi connectivity index (χ0) is 14.2. The highest BCUT2D eigenvalue weighted by Crippen LogP contribution is 2.11. The number of nitrogens with zero attached hydrogens (tertiary/aromatic N) is 1. The Morgan fingerprint density at radius 2 is 1.80 bits per heavy atom. The van der Waals surface area contributed by atoms with Crippen LogP contribution >= 0.6 is 0 Å². The molecule has 2 aromatic carbocycles. The zero-order valence-corrected chi connectivity index (χ0v) is 11.4. The van der Waals surface area contributed by atoms with Crippen molar-refractivity contribution in [1.29, 1.82) is 5.26 Å². The van der Waals surface area contributed by atoms with E-state index in [1.54, 1.807) is 0 Å². The average molecular weight is 263 g/mol. The molecule has 2 rings (SSSR count). The van der Waals surface area contributed by atoms with E-state index in [0.29, 0.717) is 12.0 Å². The van der Waals surface area contributed by atoms with Crippen LogP contribution in [0.4, 0.5) is 0 Å². The van der Waals surface area contributed by atoms with E-state index in [9.17, 15) is 4.79 Å². The van der Waals surface area contributed by atoms with Gasteiger partial charge in [-0.25, -0.2) is 0 Å². The first kappa shape index (κ1) is 14.0. The minimum Gasteiger partial charge on any atom is -0.294 e. The molecule has 0 atom stereocenters. The van der Waals surface area contributed by atoms with Gasteiger partial charge < -0.3 is 0 Å². The Morgan fingerprint density at radius 1 is 1.00 bits per heavy atom. The topological polar surface area (TPSA) is 40.9 Å². The van der Waals surface area contributed by atoms with Gasteiger partial charge in [0.2, 0.25) is 0 Å². The second-order valence-corrected chi connectivity index (χ2v) is 4.81. The molecule has 0 spiro atoms. The molecule has 0 unspecified atom stereocenters. The first-order chi connectivity index (χ1) is 9.79. The molecule has 0 N–H and O–H groups in total. The van der Waals surface area contributed by atoms with Crippen LogP contribution in [-0.4, -0.2) is 5.78 Å². The van der Waals surface area contributed by atoms with Gasteiger partial charge in [-0.1, -0.05) is 42.5 Å². The van der Waals surface area contributed by atoms with Crippen LogP contribution in [0.25, 0.3) is 0 Å². The Kier molecular flexibility index (Phi) is 5.08. The Bertz CT molecular complexity index is 611. The summed E-state index contributed by atoms with van der Waals surface area (Å²) in [5.41, 5.74) is 2.65. The predicted octanol–water partition coefficient (Wildman–Crippen LogP) is 4.15. The number of Topliss-reactive ketones (excluding diaryl/α,β-unsaturated/α-hetero) is 1. The molecule has 2 nitrogen and oxygen atoms in total. The fourth-order valence-corrected chi connectivity index (χ4v) is 2.18. The SMILES string of the molecule is N#Cc1cccc(CCCCC(=O)c2ccccc2)c1. The van der Waals surface area contributed by atoms with E-state index < -0.39 is 0 Å². The Labute approximate surface area is 119 Å². The highest BCUT2D eigenvalue weighted by molar-refractivity contribution is 5.95. The largest absolute Gasteiger partial charge is 0.294 e. The number of carbonyl (C=O) groups excluding carboxylic acids is 1. The first-order valence-corrected chi connectivity index (χ1v) is 6.87. The van der Waals surface area contributed by atoms with Gasteiger partial charge in [0, 0.05) is 12.0 Å². The second kappa shape index (κ2) is 7.25. The maximum Gasteiger partial charge on any atom is 0.162 e. The van der Waals surface area contributed by atoms with Crippen molar-refractivity contribution in [2.75, 3.05) is 0 Å². The molecule has 0 bridgehead atoms. The average Bonchev–Trinajstić information content (AvgIpc) is 2.52. The molecule has 0 fully saturated rings. The summed E-state index contributed by atoms with van der Waals surface area (Å²) in [4.78, 5) is 11.9. The smallest absolute Gasteiger partial charge is 0.162 e. The van der Waals surface area contributed by atoms with Crippen LogP contribution in [0.3, 0.4) is 0 Å². The lowest BCUT2D eigenvalue weighted by atomic mass is 10.0. The summed E-state index contributed by atoms with van der Waals surface area (Å²) < 4.78 is 0. The van der Waals surface area contributed by atoms with Crippen LogP contribution in [0.15, 0.2) is 54.6 Å². The van der Waals surface area contributed by atoms with Crippen molar-refractivity contribution in [3.8, 4) is 6.07 Å². The van der Waals surface area contributed by atoms with Crippen molar-refractivity contribution in [2.24, 2.45) is 0 Å². The van der Waals surface area contributed by atoms with E-state index in [1.807, 2.05) is 54.6 Å². The van der Waals surface area contributed by atoms with Crippen LogP contribution < -0.4 is 0 Å². The fourth-order valence-electron chi connectivity index (χ4n) is 2.18. The van der Waals surface area contributed by atoms with Crippen LogP contribution in [0.1, 0.15) is 40.7 Å². The summed E-state index contributed by atoms with van der Waals surface area (Å²) in [6, 6.07) is 19.2. The monoisotopic (exact) mass is 263 g/mol. The van der Waals surface area contributed by atoms with Crippen molar-refractivity contribution >= 4 is 5.78 Å². The molecule has 20 heavy (non-hydrogen) atoms. The fraction of sp³-hybridized carbons (Fsp3) is 0.222. The summed E-state index contributed by atoms with van der Waals surface area (Å²) in [5.74, 6) is 0.205. The van der Waals surface area contributed by atoms with E-state index in [2.05, 4.69) is 6.07 Å². The lowest BCUT2D eigenvalue weighted by Gasteiger charge is -2.03. The molecule has 0 saturated heterocycles. The maximum atomic E-state index is 11.9. The van der Waals surface area contributed by atoms with Crippen molar-refractivity contribution in [3.05, 3.63) is 71.3 Å². The second-order valence-electron chi connectivity index (χ2n) is 4.81. The summed E-state index contributed by atoms with van der Waals surface area (Å²) in [6.07, 6.45) is 3.34. The van der Waals surface area contributed by atoms with Crippen molar-refractivity contribution in [2.45, 2.75) is 25.7 Å². The summed E-state index contributed by atoms with van der Waals surface area (Å²) in [7, 11) is 0. The molecular weight excluding hydrogens is 246 g/mol. The van der Waals surface area contributed by atoms with E-state index in [0.717, 1.165) is 30.4 Å². The first-order valence-electron chi connectivity index (χ1n) is 6.87. The van der Waals surface area contributed by atoms with Crippen molar-refractivity contribution < 1.29 is 4.79 Å². The molecule has 0 saturated carbocycles. The normalized spacial score (nSPS) is 9.95. The van der Waals surface area contributed by atoms with Gasteiger partial charge in [0.05, 0.1) is 11.6 Å². The third-order valence-electron chi connectivity index (χ3n) is 3.27. The molecule has 0 aliphatic carbocycles. The van der Waals surface area contributed by atoms with E-state index in [4.69, 9.17) is 5.26 Å². The molecule has 2 aromatic rings. The molecule has 0 aromatic heterocycles. The third-order valence-corrected chi connectivity index (χ3v) is 3.27. The summed E-state index contributed by atoms with van der Waals surface area (Å²) in [6.45, 7) is 0. The molecule has 0 aliphatic rings. The highest BCUT2D eigenvalue weighted by atomic mass is 16.1. The van der Waals surface area contributed by atoms with Gasteiger partial charge in [-0.05, 0) is 37.0 Å². The van der Waals surface area contributed by atoms with E-state index in [1.165, 1.54) is 0 Å². The zero-order valence-electron chi connectivity index (χ0n) is 11.4. The molecule has 100 valence electrons. The number of hydrogen-bond acceptors (Lipinski definition) is 2. The van der Waals surface area contributed by atoms with Gasteiger partial charge in [-0.2, -0.15) is 5.26 Å². The minimum absolute atomic E-state index is 0.205. The number of nitriles is 1. The van der Waals surface area contributed by atoms with Gasteiger partial charge in [-0.15, -0.1) is 0 Å². The number of rotatable bonds is 6. The quantitative estimate of drug-likeness (QED) is 0.580. The molecule has 2 heteroatoms. The van der Waals surface area contributed by atoms with Gasteiger partial charge in [0.15, 0.2) is 5.78 Å². The third kappa shape index (κ3) is 4.07. The van der Waals surface area contributed by atoms with Crippen LogP contribution in [-0.2, 0) is 6.42 Å². The maximum absolute atomic E-state index is 11.9. The van der Waals surface area contributed by atoms with Crippen molar-refractivity contribution in [1.82, 2.24) is 0 Å². The van der Waals surface area contributed by atoms with Gasteiger partial charge in [0.25, 0.3) is 0 Å². The Hall–Kier alpha value is -2.40. The number of aryl methyl sites for hydroxylation is 1.